The quantitative estimate of drug-likeness (QED) is 0.523. The smallest absolute Gasteiger partial charge is 0.147 e. The summed E-state index contributed by atoms with van der Waals surface area (Å²) in [5.74, 6) is 0.105. The van der Waals surface area contributed by atoms with Crippen molar-refractivity contribution in [1.82, 2.24) is 0 Å². The van der Waals surface area contributed by atoms with Gasteiger partial charge in [0, 0.05) is 5.02 Å². The predicted octanol–water partition coefficient (Wildman–Crippen LogP) is -8.34. The lowest BCUT2D eigenvalue weighted by atomic mass is 9.24. The Labute approximate surface area is 152 Å². The van der Waals surface area contributed by atoms with Gasteiger partial charge in [0.15, 0.2) is 0 Å². The van der Waals surface area contributed by atoms with Crippen molar-refractivity contribution >= 4 is 102 Å². The minimum Gasteiger partial charge on any atom is -0.315 e. The maximum Gasteiger partial charge on any atom is 0.147 e. The third-order valence-electron chi connectivity index (χ3n) is 6.87. The van der Waals surface area contributed by atoms with Gasteiger partial charge in [0.25, 0.3) is 0 Å². The number of carbonyl (C=O) groups excluding carboxylic acids is 1. The Morgan fingerprint density at radius 1 is 0.870 bits per heavy atom. The molecule has 1 unspecified atom stereocenters. The maximum absolute atomic E-state index is 13.4. The fourth-order valence-corrected chi connectivity index (χ4v) is 4.29. The number of nitrogens with two attached hydrogens (primary N) is 1. The molecule has 0 aromatic heterocycles. The van der Waals surface area contributed by atoms with Crippen molar-refractivity contribution < 1.29 is 4.79 Å². The van der Waals surface area contributed by atoms with Crippen LogP contribution in [0, 0.1) is 0 Å². The van der Waals surface area contributed by atoms with E-state index in [1.165, 1.54) is 10.9 Å². The Hall–Kier alpha value is -0.341. The van der Waals surface area contributed by atoms with Crippen LogP contribution in [0.3, 0.4) is 0 Å². The van der Waals surface area contributed by atoms with Crippen LogP contribution < -0.4 is 27.6 Å². The first-order chi connectivity index (χ1) is 10.3. The standard InChI is InChI=1S/C12H22B8ClNO/c13-4-3(8(21)7(16)6(15)5(4)14)10(22)1-2-11(17,18)12(19,20)9(10)23/h1-2,13-20,22H2. The fourth-order valence-electron chi connectivity index (χ4n) is 3.84. The second kappa shape index (κ2) is 5.59. The first-order valence-corrected chi connectivity index (χ1v) is 8.77. The van der Waals surface area contributed by atoms with Crippen LogP contribution in [-0.2, 0) is 10.3 Å². The van der Waals surface area contributed by atoms with E-state index in [1.807, 2.05) is 31.4 Å². The van der Waals surface area contributed by atoms with Crippen molar-refractivity contribution in [3.8, 4) is 0 Å². The second-order valence-electron chi connectivity index (χ2n) is 8.50. The second-order valence-corrected chi connectivity index (χ2v) is 8.88. The molecule has 1 aliphatic carbocycles. The van der Waals surface area contributed by atoms with Crippen LogP contribution in [0.25, 0.3) is 0 Å². The van der Waals surface area contributed by atoms with Crippen LogP contribution in [-0.4, -0.2) is 68.6 Å². The van der Waals surface area contributed by atoms with Crippen molar-refractivity contribution in [3.63, 3.8) is 0 Å². The molecule has 23 heavy (non-hydrogen) atoms. The summed E-state index contributed by atoms with van der Waals surface area (Å²) in [5.41, 5.74) is 11.1. The van der Waals surface area contributed by atoms with Gasteiger partial charge in [-0.25, -0.2) is 0 Å². The molecule has 1 aromatic carbocycles. The zero-order valence-electron chi connectivity index (χ0n) is 15.8. The molecule has 0 bridgehead atoms. The van der Waals surface area contributed by atoms with Crippen molar-refractivity contribution in [1.29, 1.82) is 0 Å². The minimum atomic E-state index is -0.997. The van der Waals surface area contributed by atoms with E-state index in [0.29, 0.717) is 11.4 Å². The molecule has 2 rings (SSSR count). The number of Topliss-reactive ketones (excluding diaryl/α,β-unsaturated/α-hetero) is 1. The molecule has 0 saturated heterocycles. The molecule has 0 aliphatic heterocycles. The van der Waals surface area contributed by atoms with E-state index >= 15 is 0 Å². The number of ketones is 1. The highest BCUT2D eigenvalue weighted by Crippen LogP contribution is 2.55. The summed E-state index contributed by atoms with van der Waals surface area (Å²) >= 11 is 6.70. The molecular weight excluding hydrogens is 296 g/mol. The highest BCUT2D eigenvalue weighted by Gasteiger charge is 2.55. The molecule has 1 atom stereocenters. The van der Waals surface area contributed by atoms with Crippen LogP contribution in [0.1, 0.15) is 18.4 Å². The summed E-state index contributed by atoms with van der Waals surface area (Å²) in [6, 6.07) is 0. The third kappa shape index (κ3) is 2.52. The summed E-state index contributed by atoms with van der Waals surface area (Å²) in [7, 11) is 16.6. The molecule has 1 saturated carbocycles. The minimum absolute atomic E-state index is 0.0673. The SMILES string of the molecule is Bc1c(B)c(B)c(C2(N)CCC(B)(B)C(B)(B)C2=O)c(Cl)c1B. The van der Waals surface area contributed by atoms with Gasteiger partial charge < -0.3 is 5.73 Å². The molecule has 112 valence electrons. The van der Waals surface area contributed by atoms with E-state index in [4.69, 9.17) is 17.3 Å². The number of halogens is 1. The number of hydrogen-bond donors (Lipinski definition) is 1. The van der Waals surface area contributed by atoms with Gasteiger partial charge in [-0.15, -0.1) is 10.9 Å². The van der Waals surface area contributed by atoms with Crippen molar-refractivity contribution in [3.05, 3.63) is 10.6 Å². The molecule has 1 aromatic rings. The zero-order valence-corrected chi connectivity index (χ0v) is 16.5. The van der Waals surface area contributed by atoms with Crippen LogP contribution in [0.15, 0.2) is 0 Å². The lowest BCUT2D eigenvalue weighted by molar-refractivity contribution is -0.127. The normalized spacial score (nSPS) is 26.1. The van der Waals surface area contributed by atoms with E-state index in [-0.39, 0.29) is 11.0 Å². The molecule has 2 N–H and O–H groups in total. The topological polar surface area (TPSA) is 43.1 Å². The Morgan fingerprint density at radius 3 is 1.87 bits per heavy atom. The fraction of sp³-hybridized carbons (Fsp3) is 0.417. The molecule has 1 fully saturated rings. The molecule has 0 heterocycles. The van der Waals surface area contributed by atoms with Gasteiger partial charge >= 0.3 is 0 Å². The average molecular weight is 318 g/mol. The summed E-state index contributed by atoms with van der Waals surface area (Å²) in [4.78, 5) is 13.4. The van der Waals surface area contributed by atoms with E-state index in [0.717, 1.165) is 22.9 Å². The maximum atomic E-state index is 13.4. The van der Waals surface area contributed by atoms with Gasteiger partial charge in [-0.2, -0.15) is 0 Å². The van der Waals surface area contributed by atoms with Crippen molar-refractivity contribution in [2.24, 2.45) is 5.73 Å². The first-order valence-electron chi connectivity index (χ1n) is 8.39. The van der Waals surface area contributed by atoms with Gasteiger partial charge in [-0.1, -0.05) is 34.2 Å². The van der Waals surface area contributed by atoms with Crippen molar-refractivity contribution in [2.45, 2.75) is 28.8 Å². The Balaban J connectivity index is 2.75. The molecule has 1 aliphatic rings. The Morgan fingerprint density at radius 2 is 1.35 bits per heavy atom. The highest BCUT2D eigenvalue weighted by atomic mass is 35.5. The molecule has 0 amide bonds. The number of carbonyl (C=O) groups is 1. The summed E-state index contributed by atoms with van der Waals surface area (Å²) in [5, 5.41) is 0.113. The van der Waals surface area contributed by atoms with Crippen LogP contribution in [0.4, 0.5) is 0 Å². The van der Waals surface area contributed by atoms with Crippen molar-refractivity contribution in [2.75, 3.05) is 0 Å². The van der Waals surface area contributed by atoms with E-state index in [2.05, 4.69) is 31.4 Å². The van der Waals surface area contributed by atoms with Gasteiger partial charge in [0.2, 0.25) is 0 Å². The van der Waals surface area contributed by atoms with Gasteiger partial charge in [0.05, 0.1) is 15.7 Å². The van der Waals surface area contributed by atoms with E-state index < -0.39 is 10.8 Å². The lowest BCUT2D eigenvalue weighted by Gasteiger charge is -2.52. The molecule has 0 radical (unpaired) electrons. The number of hydrogen-bond acceptors (Lipinski definition) is 2. The lowest BCUT2D eigenvalue weighted by Crippen LogP contribution is -2.62. The Bertz CT molecular complexity index is 678. The van der Waals surface area contributed by atoms with Gasteiger partial charge in [0.1, 0.15) is 58.4 Å². The molecular formula is C12H22B8ClNO. The first kappa shape index (κ1) is 19.0. The number of benzene rings is 1. The largest absolute Gasteiger partial charge is 0.315 e. The summed E-state index contributed by atoms with van der Waals surface area (Å²) < 4.78 is 0. The van der Waals surface area contributed by atoms with Crippen LogP contribution in [0.5, 0.6) is 0 Å². The zero-order chi connectivity index (χ0) is 18.0. The van der Waals surface area contributed by atoms with Crippen LogP contribution in [0.2, 0.25) is 15.5 Å². The summed E-state index contributed by atoms with van der Waals surface area (Å²) in [6.45, 7) is 0. The third-order valence-corrected chi connectivity index (χ3v) is 7.34. The van der Waals surface area contributed by atoms with E-state index in [9.17, 15) is 4.79 Å². The number of rotatable bonds is 1. The van der Waals surface area contributed by atoms with Gasteiger partial charge in [-0.3, -0.25) is 4.79 Å². The molecule has 0 spiro atoms. The highest BCUT2D eigenvalue weighted by molar-refractivity contribution is 6.66. The van der Waals surface area contributed by atoms with Crippen LogP contribution >= 0.6 is 11.6 Å². The average Bonchev–Trinajstić information content (AvgIpc) is 2.47. The van der Waals surface area contributed by atoms with Gasteiger partial charge in [-0.05, 0) is 17.2 Å². The predicted molar refractivity (Wildman–Crippen MR) is 124 cm³/mol. The summed E-state index contributed by atoms with van der Waals surface area (Å²) in [6.07, 6.45) is 1.55. The molecule has 11 heteroatoms. The molecule has 2 nitrogen and oxygen atoms in total. The monoisotopic (exact) mass is 319 g/mol. The Kier molecular flexibility index (Phi) is 4.62. The van der Waals surface area contributed by atoms with E-state index in [1.54, 1.807) is 0 Å².